The van der Waals surface area contributed by atoms with Crippen molar-refractivity contribution in [1.29, 1.82) is 0 Å². The first-order chi connectivity index (χ1) is 6.81. The lowest BCUT2D eigenvalue weighted by atomic mass is 10.1. The van der Waals surface area contributed by atoms with Crippen molar-refractivity contribution in [3.8, 4) is 0 Å². The maximum absolute atomic E-state index is 11.0. The first-order valence-corrected chi connectivity index (χ1v) is 5.75. The topological polar surface area (TPSA) is 29.1 Å². The number of carbonyl (C=O) groups excluding carboxylic acids is 1. The number of unbranched alkanes of at least 4 members (excludes halogenated alkanes) is 5. The van der Waals surface area contributed by atoms with Gasteiger partial charge in [-0.25, -0.2) is 0 Å². The Morgan fingerprint density at radius 1 is 1.14 bits per heavy atom. The highest BCUT2D eigenvalue weighted by Gasteiger charge is 1.90. The monoisotopic (exact) mass is 197 g/mol. The van der Waals surface area contributed by atoms with Crippen molar-refractivity contribution >= 4 is 5.91 Å². The number of rotatable bonds is 8. The molecule has 2 heteroatoms. The molecule has 1 amide bonds. The van der Waals surface area contributed by atoms with Gasteiger partial charge < -0.3 is 5.32 Å². The summed E-state index contributed by atoms with van der Waals surface area (Å²) in [5, 5.41) is 2.73. The summed E-state index contributed by atoms with van der Waals surface area (Å²) in [5.74, 6) is 0.0288. The average Bonchev–Trinajstić information content (AvgIpc) is 2.17. The molecule has 0 aromatic carbocycles. The summed E-state index contributed by atoms with van der Waals surface area (Å²) in [6, 6.07) is 0. The molecule has 14 heavy (non-hydrogen) atoms. The minimum absolute atomic E-state index is 0.0288. The van der Waals surface area contributed by atoms with E-state index in [4.69, 9.17) is 0 Å². The van der Waals surface area contributed by atoms with Crippen LogP contribution >= 0.6 is 0 Å². The van der Waals surface area contributed by atoms with Gasteiger partial charge in [0.25, 0.3) is 0 Å². The fraction of sp³-hybridized carbons (Fsp3) is 0.750. The summed E-state index contributed by atoms with van der Waals surface area (Å²) < 4.78 is 0. The van der Waals surface area contributed by atoms with E-state index in [0.29, 0.717) is 6.54 Å². The van der Waals surface area contributed by atoms with Crippen LogP contribution < -0.4 is 5.32 Å². The molecule has 0 aromatic rings. The van der Waals surface area contributed by atoms with Crippen LogP contribution in [-0.2, 0) is 4.79 Å². The van der Waals surface area contributed by atoms with Gasteiger partial charge in [-0.3, -0.25) is 4.79 Å². The predicted molar refractivity (Wildman–Crippen MR) is 61.2 cm³/mol. The minimum Gasteiger partial charge on any atom is -0.353 e. The van der Waals surface area contributed by atoms with Crippen LogP contribution in [0.5, 0.6) is 0 Å². The van der Waals surface area contributed by atoms with Crippen molar-refractivity contribution in [2.75, 3.05) is 6.54 Å². The smallest absolute Gasteiger partial charge is 0.243 e. The second-order valence-electron chi connectivity index (χ2n) is 3.50. The van der Waals surface area contributed by atoms with Crippen molar-refractivity contribution in [2.45, 2.75) is 52.4 Å². The maximum atomic E-state index is 11.0. The number of hydrogen-bond acceptors (Lipinski definition) is 1. The van der Waals surface area contributed by atoms with Gasteiger partial charge in [0.15, 0.2) is 0 Å². The van der Waals surface area contributed by atoms with Crippen LogP contribution in [-0.4, -0.2) is 12.5 Å². The van der Waals surface area contributed by atoms with Crippen LogP contribution in [0.2, 0.25) is 0 Å². The fourth-order valence-electron chi connectivity index (χ4n) is 1.29. The van der Waals surface area contributed by atoms with Crippen LogP contribution in [0.15, 0.2) is 12.2 Å². The largest absolute Gasteiger partial charge is 0.353 e. The van der Waals surface area contributed by atoms with Gasteiger partial charge in [-0.05, 0) is 25.8 Å². The van der Waals surface area contributed by atoms with Gasteiger partial charge in [0.05, 0.1) is 0 Å². The Kier molecular flexibility index (Phi) is 9.71. The van der Waals surface area contributed by atoms with E-state index in [1.54, 1.807) is 6.08 Å². The Morgan fingerprint density at radius 2 is 1.86 bits per heavy atom. The van der Waals surface area contributed by atoms with Gasteiger partial charge >= 0.3 is 0 Å². The molecule has 0 saturated carbocycles. The molecule has 0 heterocycles. The first kappa shape index (κ1) is 13.2. The normalized spacial score (nSPS) is 10.7. The van der Waals surface area contributed by atoms with Gasteiger partial charge in [0.2, 0.25) is 5.91 Å². The molecule has 0 aromatic heterocycles. The molecule has 0 unspecified atom stereocenters. The minimum atomic E-state index is 0.0288. The fourth-order valence-corrected chi connectivity index (χ4v) is 1.29. The number of likely N-dealkylation sites (N-methyl/N-ethyl adjacent to an activating group) is 1. The van der Waals surface area contributed by atoms with Crippen LogP contribution in [0.1, 0.15) is 52.4 Å². The van der Waals surface area contributed by atoms with Crippen LogP contribution in [0.3, 0.4) is 0 Å². The van der Waals surface area contributed by atoms with Gasteiger partial charge in [-0.15, -0.1) is 0 Å². The van der Waals surface area contributed by atoms with Crippen LogP contribution in [0.4, 0.5) is 0 Å². The summed E-state index contributed by atoms with van der Waals surface area (Å²) in [5.41, 5.74) is 0. The molecule has 82 valence electrons. The lowest BCUT2D eigenvalue weighted by molar-refractivity contribution is -0.116. The van der Waals surface area contributed by atoms with E-state index >= 15 is 0 Å². The highest BCUT2D eigenvalue weighted by Crippen LogP contribution is 2.04. The standard InChI is InChI=1S/C12H23NO/c1-3-5-6-7-8-9-10-11-12(14)13-4-2/h10-11H,3-9H2,1-2H3,(H,13,14)/b11-10+. The summed E-state index contributed by atoms with van der Waals surface area (Å²) in [4.78, 5) is 11.0. The van der Waals surface area contributed by atoms with Crippen molar-refractivity contribution in [1.82, 2.24) is 5.32 Å². The number of hydrogen-bond donors (Lipinski definition) is 1. The predicted octanol–water partition coefficient (Wildman–Crippen LogP) is 3.04. The molecule has 0 fully saturated rings. The third kappa shape index (κ3) is 9.30. The van der Waals surface area contributed by atoms with Crippen molar-refractivity contribution in [3.05, 3.63) is 12.2 Å². The van der Waals surface area contributed by atoms with Crippen molar-refractivity contribution in [3.63, 3.8) is 0 Å². The molecular weight excluding hydrogens is 174 g/mol. The molecule has 0 atom stereocenters. The lowest BCUT2D eigenvalue weighted by Gasteiger charge is -1.96. The Balaban J connectivity index is 3.22. The lowest BCUT2D eigenvalue weighted by Crippen LogP contribution is -2.19. The molecule has 0 aliphatic carbocycles. The highest BCUT2D eigenvalue weighted by molar-refractivity contribution is 5.87. The molecule has 0 saturated heterocycles. The molecule has 1 N–H and O–H groups in total. The molecule has 2 nitrogen and oxygen atoms in total. The van der Waals surface area contributed by atoms with E-state index in [9.17, 15) is 4.79 Å². The SMILES string of the molecule is CCCCCCC/C=C/C(=O)NCC. The molecule has 0 aliphatic rings. The van der Waals surface area contributed by atoms with E-state index in [-0.39, 0.29) is 5.91 Å². The van der Waals surface area contributed by atoms with E-state index in [0.717, 1.165) is 6.42 Å². The maximum Gasteiger partial charge on any atom is 0.243 e. The Bertz CT molecular complexity index is 164. The number of carbonyl (C=O) groups is 1. The molecule has 0 radical (unpaired) electrons. The third-order valence-electron chi connectivity index (χ3n) is 2.09. The Hall–Kier alpha value is -0.790. The summed E-state index contributed by atoms with van der Waals surface area (Å²) in [6.07, 6.45) is 11.1. The van der Waals surface area contributed by atoms with Gasteiger partial charge in [-0.2, -0.15) is 0 Å². The first-order valence-electron chi connectivity index (χ1n) is 5.75. The van der Waals surface area contributed by atoms with Gasteiger partial charge in [0.1, 0.15) is 0 Å². The number of nitrogens with one attached hydrogen (secondary N) is 1. The zero-order chi connectivity index (χ0) is 10.6. The molecule has 0 bridgehead atoms. The Morgan fingerprint density at radius 3 is 2.50 bits per heavy atom. The Labute approximate surface area is 87.8 Å². The average molecular weight is 197 g/mol. The van der Waals surface area contributed by atoms with E-state index in [2.05, 4.69) is 12.2 Å². The van der Waals surface area contributed by atoms with Crippen molar-refractivity contribution in [2.24, 2.45) is 0 Å². The zero-order valence-electron chi connectivity index (χ0n) is 9.51. The second kappa shape index (κ2) is 10.3. The van der Waals surface area contributed by atoms with Gasteiger partial charge in [0, 0.05) is 6.54 Å². The number of allylic oxidation sites excluding steroid dienone is 1. The van der Waals surface area contributed by atoms with E-state index < -0.39 is 0 Å². The quantitative estimate of drug-likeness (QED) is 0.470. The molecular formula is C12H23NO. The molecule has 0 spiro atoms. The zero-order valence-corrected chi connectivity index (χ0v) is 9.51. The summed E-state index contributed by atoms with van der Waals surface area (Å²) >= 11 is 0. The molecule has 0 aliphatic heterocycles. The van der Waals surface area contributed by atoms with E-state index in [1.165, 1.54) is 32.1 Å². The highest BCUT2D eigenvalue weighted by atomic mass is 16.1. The van der Waals surface area contributed by atoms with Crippen LogP contribution in [0, 0.1) is 0 Å². The van der Waals surface area contributed by atoms with Crippen LogP contribution in [0.25, 0.3) is 0 Å². The third-order valence-corrected chi connectivity index (χ3v) is 2.09. The van der Waals surface area contributed by atoms with Gasteiger partial charge in [-0.1, -0.05) is 38.7 Å². The molecule has 0 rings (SSSR count). The summed E-state index contributed by atoms with van der Waals surface area (Å²) in [6.45, 7) is 4.85. The summed E-state index contributed by atoms with van der Waals surface area (Å²) in [7, 11) is 0. The van der Waals surface area contributed by atoms with Crippen molar-refractivity contribution < 1.29 is 4.79 Å². The van der Waals surface area contributed by atoms with E-state index in [1.807, 2.05) is 13.0 Å². The second-order valence-corrected chi connectivity index (χ2v) is 3.50. The number of amides is 1.